The predicted molar refractivity (Wildman–Crippen MR) is 73.5 cm³/mol. The van der Waals surface area contributed by atoms with Gasteiger partial charge in [0.2, 0.25) is 5.91 Å². The van der Waals surface area contributed by atoms with Gasteiger partial charge in [-0.25, -0.2) is 4.98 Å². The van der Waals surface area contributed by atoms with Gasteiger partial charge >= 0.3 is 0 Å². The van der Waals surface area contributed by atoms with E-state index in [4.69, 9.17) is 16.3 Å². The fraction of sp³-hybridized carbons (Fsp3) is 0.231. The first-order valence-electron chi connectivity index (χ1n) is 5.69. The van der Waals surface area contributed by atoms with Gasteiger partial charge < -0.3 is 14.6 Å². The van der Waals surface area contributed by atoms with Crippen molar-refractivity contribution in [3.63, 3.8) is 0 Å². The highest BCUT2D eigenvalue weighted by atomic mass is 35.5. The first-order valence-corrected chi connectivity index (χ1v) is 6.07. The Morgan fingerprint density at radius 1 is 1.53 bits per heavy atom. The van der Waals surface area contributed by atoms with Gasteiger partial charge in [-0.2, -0.15) is 0 Å². The molecule has 0 unspecified atom stereocenters. The Hall–Kier alpha value is -2.01. The molecule has 19 heavy (non-hydrogen) atoms. The van der Waals surface area contributed by atoms with Crippen LogP contribution in [0.25, 0.3) is 0 Å². The summed E-state index contributed by atoms with van der Waals surface area (Å²) in [6.45, 7) is 0. The largest absolute Gasteiger partial charge is 0.495 e. The van der Waals surface area contributed by atoms with Crippen LogP contribution in [0.1, 0.15) is 5.82 Å². The summed E-state index contributed by atoms with van der Waals surface area (Å²) in [5.41, 5.74) is 0.550. The number of anilines is 1. The van der Waals surface area contributed by atoms with E-state index in [1.165, 1.54) is 7.11 Å². The highest BCUT2D eigenvalue weighted by Crippen LogP contribution is 2.27. The lowest BCUT2D eigenvalue weighted by Crippen LogP contribution is -2.17. The summed E-state index contributed by atoms with van der Waals surface area (Å²) in [6.07, 6.45) is 3.64. The van der Waals surface area contributed by atoms with Crippen molar-refractivity contribution in [1.29, 1.82) is 0 Å². The summed E-state index contributed by atoms with van der Waals surface area (Å²) in [5, 5.41) is 3.30. The predicted octanol–water partition coefficient (Wildman–Crippen LogP) is 2.26. The highest BCUT2D eigenvalue weighted by Gasteiger charge is 2.11. The number of aromatic nitrogens is 2. The lowest BCUT2D eigenvalue weighted by Gasteiger charge is -2.10. The number of hydrogen-bond acceptors (Lipinski definition) is 3. The van der Waals surface area contributed by atoms with Crippen LogP contribution in [-0.4, -0.2) is 22.6 Å². The molecule has 0 atom stereocenters. The summed E-state index contributed by atoms with van der Waals surface area (Å²) in [7, 11) is 3.38. The maximum Gasteiger partial charge on any atom is 0.232 e. The number of carbonyl (C=O) groups excluding carboxylic acids is 1. The average molecular weight is 280 g/mol. The van der Waals surface area contributed by atoms with Crippen molar-refractivity contribution in [3.8, 4) is 5.75 Å². The van der Waals surface area contributed by atoms with Gasteiger partial charge in [0.25, 0.3) is 0 Å². The van der Waals surface area contributed by atoms with Crippen LogP contribution in [0.15, 0.2) is 30.6 Å². The zero-order valence-corrected chi connectivity index (χ0v) is 11.4. The quantitative estimate of drug-likeness (QED) is 0.934. The van der Waals surface area contributed by atoms with Crippen molar-refractivity contribution < 1.29 is 9.53 Å². The molecule has 0 radical (unpaired) electrons. The molecule has 0 saturated carbocycles. The number of amides is 1. The second-order valence-corrected chi connectivity index (χ2v) is 4.46. The maximum absolute atomic E-state index is 11.9. The Morgan fingerprint density at radius 2 is 2.32 bits per heavy atom. The molecular formula is C13H14ClN3O2. The molecule has 0 fully saturated rings. The molecule has 0 aliphatic carbocycles. The van der Waals surface area contributed by atoms with Gasteiger partial charge in [0.1, 0.15) is 11.6 Å². The van der Waals surface area contributed by atoms with Crippen LogP contribution in [0.5, 0.6) is 5.75 Å². The van der Waals surface area contributed by atoms with Crippen molar-refractivity contribution in [3.05, 3.63) is 41.4 Å². The minimum Gasteiger partial charge on any atom is -0.495 e. The van der Waals surface area contributed by atoms with Crippen molar-refractivity contribution in [2.45, 2.75) is 6.42 Å². The van der Waals surface area contributed by atoms with Crippen LogP contribution >= 0.6 is 11.6 Å². The van der Waals surface area contributed by atoms with Crippen LogP contribution in [0.4, 0.5) is 5.69 Å². The number of methoxy groups -OCH3 is 1. The Bertz CT molecular complexity index is 595. The van der Waals surface area contributed by atoms with Crippen LogP contribution in [0.2, 0.25) is 5.02 Å². The Kier molecular flexibility index (Phi) is 4.06. The lowest BCUT2D eigenvalue weighted by molar-refractivity contribution is -0.115. The maximum atomic E-state index is 11.9. The highest BCUT2D eigenvalue weighted by molar-refractivity contribution is 6.31. The number of nitrogens with zero attached hydrogens (tertiary/aromatic N) is 2. The molecular weight excluding hydrogens is 266 g/mol. The molecule has 1 aromatic heterocycles. The smallest absolute Gasteiger partial charge is 0.232 e. The summed E-state index contributed by atoms with van der Waals surface area (Å²) in [6, 6.07) is 5.06. The van der Waals surface area contributed by atoms with Gasteiger partial charge in [0.05, 0.1) is 19.2 Å². The second kappa shape index (κ2) is 5.75. The summed E-state index contributed by atoms with van der Waals surface area (Å²) < 4.78 is 6.97. The Balaban J connectivity index is 2.11. The monoisotopic (exact) mass is 279 g/mol. The van der Waals surface area contributed by atoms with Crippen molar-refractivity contribution >= 4 is 23.2 Å². The molecule has 0 aliphatic rings. The van der Waals surface area contributed by atoms with Gasteiger partial charge in [-0.05, 0) is 18.2 Å². The van der Waals surface area contributed by atoms with Crippen molar-refractivity contribution in [1.82, 2.24) is 9.55 Å². The molecule has 2 aromatic rings. The zero-order valence-electron chi connectivity index (χ0n) is 10.7. The Morgan fingerprint density at radius 3 is 2.95 bits per heavy atom. The molecule has 1 N–H and O–H groups in total. The van der Waals surface area contributed by atoms with Gasteiger partial charge in [0.15, 0.2) is 0 Å². The van der Waals surface area contributed by atoms with Crippen LogP contribution in [0.3, 0.4) is 0 Å². The third kappa shape index (κ3) is 3.26. The third-order valence-corrected chi connectivity index (χ3v) is 2.91. The molecule has 1 aromatic carbocycles. The molecule has 0 spiro atoms. The molecule has 5 nitrogen and oxygen atoms in total. The van der Waals surface area contributed by atoms with E-state index >= 15 is 0 Å². The van der Waals surface area contributed by atoms with E-state index in [9.17, 15) is 4.79 Å². The molecule has 100 valence electrons. The Labute approximate surface area is 116 Å². The van der Waals surface area contributed by atoms with Crippen LogP contribution < -0.4 is 10.1 Å². The van der Waals surface area contributed by atoms with E-state index in [2.05, 4.69) is 10.3 Å². The van der Waals surface area contributed by atoms with Gasteiger partial charge in [-0.3, -0.25) is 4.79 Å². The standard InChI is InChI=1S/C13H14ClN3O2/c1-17-6-5-15-12(17)8-13(18)16-10-7-9(14)3-4-11(10)19-2/h3-7H,8H2,1-2H3,(H,16,18). The minimum absolute atomic E-state index is 0.171. The number of nitrogens with one attached hydrogen (secondary N) is 1. The van der Waals surface area contributed by atoms with Crippen molar-refractivity contribution in [2.75, 3.05) is 12.4 Å². The summed E-state index contributed by atoms with van der Waals surface area (Å²) >= 11 is 5.90. The second-order valence-electron chi connectivity index (χ2n) is 4.02. The normalized spacial score (nSPS) is 10.3. The van der Waals surface area contributed by atoms with Gasteiger partial charge in [-0.15, -0.1) is 0 Å². The van der Waals surface area contributed by atoms with Crippen LogP contribution in [0, 0.1) is 0 Å². The number of ether oxygens (including phenoxy) is 1. The van der Waals surface area contributed by atoms with Crippen LogP contribution in [-0.2, 0) is 18.3 Å². The van der Waals surface area contributed by atoms with Gasteiger partial charge in [0, 0.05) is 24.5 Å². The molecule has 1 amide bonds. The molecule has 1 heterocycles. The van der Waals surface area contributed by atoms with E-state index in [-0.39, 0.29) is 12.3 Å². The van der Waals surface area contributed by atoms with E-state index in [1.807, 2.05) is 7.05 Å². The zero-order chi connectivity index (χ0) is 13.8. The van der Waals surface area contributed by atoms with E-state index < -0.39 is 0 Å². The fourth-order valence-electron chi connectivity index (χ4n) is 1.68. The SMILES string of the molecule is COc1ccc(Cl)cc1NC(=O)Cc1nccn1C. The first-order chi connectivity index (χ1) is 9.10. The third-order valence-electron chi connectivity index (χ3n) is 2.68. The number of hydrogen-bond donors (Lipinski definition) is 1. The van der Waals surface area contributed by atoms with E-state index in [0.29, 0.717) is 22.3 Å². The lowest BCUT2D eigenvalue weighted by atomic mass is 10.2. The number of carbonyl (C=O) groups is 1. The average Bonchev–Trinajstić information content (AvgIpc) is 2.75. The van der Waals surface area contributed by atoms with E-state index in [1.54, 1.807) is 35.2 Å². The fourth-order valence-corrected chi connectivity index (χ4v) is 1.85. The number of aryl methyl sites for hydroxylation is 1. The van der Waals surface area contributed by atoms with E-state index in [0.717, 1.165) is 0 Å². The number of benzene rings is 1. The number of halogens is 1. The summed E-state index contributed by atoms with van der Waals surface area (Å²) in [4.78, 5) is 16.1. The molecule has 2 rings (SSSR count). The number of rotatable bonds is 4. The molecule has 0 bridgehead atoms. The molecule has 0 saturated heterocycles. The molecule has 6 heteroatoms. The molecule has 0 aliphatic heterocycles. The topological polar surface area (TPSA) is 56.1 Å². The summed E-state index contributed by atoms with van der Waals surface area (Å²) in [5.74, 6) is 1.09. The van der Waals surface area contributed by atoms with Crippen molar-refractivity contribution in [2.24, 2.45) is 7.05 Å². The minimum atomic E-state index is -0.171. The number of imidazole rings is 1. The van der Waals surface area contributed by atoms with Gasteiger partial charge in [-0.1, -0.05) is 11.6 Å². The first kappa shape index (κ1) is 13.4.